The van der Waals surface area contributed by atoms with Crippen molar-refractivity contribution in [2.24, 2.45) is 0 Å². The molecule has 16 heavy (non-hydrogen) atoms. The Kier molecular flexibility index (Phi) is 4.88. The normalized spacial score (nSPS) is 12.2. The Labute approximate surface area is 111 Å². The van der Waals surface area contributed by atoms with E-state index >= 15 is 0 Å². The molecular weight excluding hydrogens is 369 g/mol. The van der Waals surface area contributed by atoms with Crippen LogP contribution >= 0.6 is 43.2 Å². The van der Waals surface area contributed by atoms with E-state index in [0.29, 0.717) is 3.79 Å². The fraction of sp³-hybridized carbons (Fsp3) is 0.250. The molecule has 0 spiro atoms. The van der Waals surface area contributed by atoms with Crippen LogP contribution in [0.1, 0.15) is 10.4 Å². The van der Waals surface area contributed by atoms with E-state index in [1.165, 1.54) is 17.4 Å². The Morgan fingerprint density at radius 3 is 2.56 bits per heavy atom. The fourth-order valence-corrected chi connectivity index (χ4v) is 3.69. The number of carboxylic acids is 1. The highest BCUT2D eigenvalue weighted by Gasteiger charge is 2.22. The Balaban J connectivity index is 2.79. The first-order valence-corrected chi connectivity index (χ1v) is 6.40. The highest BCUT2D eigenvalue weighted by molar-refractivity contribution is 9.12. The molecule has 0 aliphatic rings. The number of nitrogens with one attached hydrogen (secondary N) is 1. The summed E-state index contributed by atoms with van der Waals surface area (Å²) in [4.78, 5) is 22.1. The molecule has 1 amide bonds. The molecule has 0 saturated heterocycles. The van der Waals surface area contributed by atoms with Gasteiger partial charge in [-0.05, 0) is 37.9 Å². The molecule has 0 bridgehead atoms. The number of hydrogen-bond acceptors (Lipinski definition) is 3. The summed E-state index contributed by atoms with van der Waals surface area (Å²) in [7, 11) is 0. The van der Waals surface area contributed by atoms with Crippen molar-refractivity contribution in [1.82, 2.24) is 5.32 Å². The van der Waals surface area contributed by atoms with Gasteiger partial charge in [0.15, 0.2) is 6.04 Å². The third kappa shape index (κ3) is 3.26. The lowest BCUT2D eigenvalue weighted by Gasteiger charge is -2.09. The van der Waals surface area contributed by atoms with E-state index in [-0.39, 0.29) is 5.56 Å². The lowest BCUT2D eigenvalue weighted by Crippen LogP contribution is -2.42. The minimum absolute atomic E-state index is 0.275. The van der Waals surface area contributed by atoms with Gasteiger partial charge in [0.1, 0.15) is 6.67 Å². The van der Waals surface area contributed by atoms with E-state index in [4.69, 9.17) is 5.11 Å². The molecule has 1 rings (SSSR count). The van der Waals surface area contributed by atoms with E-state index in [9.17, 15) is 14.0 Å². The van der Waals surface area contributed by atoms with E-state index < -0.39 is 24.6 Å². The van der Waals surface area contributed by atoms with E-state index in [1.54, 1.807) is 0 Å². The monoisotopic (exact) mass is 373 g/mol. The summed E-state index contributed by atoms with van der Waals surface area (Å²) in [6.45, 7) is -1.15. The standard InChI is InChI=1S/C8H6Br2FNO3S/c9-5-1-3(6(10)16-5)7(13)12-4(2-11)8(14)15/h1,4H,2H2,(H,12,13)(H,14,15). The van der Waals surface area contributed by atoms with Crippen molar-refractivity contribution >= 4 is 55.1 Å². The van der Waals surface area contributed by atoms with Crippen molar-refractivity contribution < 1.29 is 19.1 Å². The van der Waals surface area contributed by atoms with Crippen molar-refractivity contribution in [3.8, 4) is 0 Å². The maximum absolute atomic E-state index is 12.3. The second-order valence-corrected chi connectivity index (χ2v) is 6.51. The van der Waals surface area contributed by atoms with Crippen molar-refractivity contribution in [3.05, 3.63) is 19.2 Å². The predicted molar refractivity (Wildman–Crippen MR) is 64.6 cm³/mol. The Hall–Kier alpha value is -0.470. The van der Waals surface area contributed by atoms with Crippen LogP contribution in [0.3, 0.4) is 0 Å². The maximum Gasteiger partial charge on any atom is 0.328 e. The van der Waals surface area contributed by atoms with E-state index in [1.807, 2.05) is 0 Å². The maximum atomic E-state index is 12.3. The van der Waals surface area contributed by atoms with Gasteiger partial charge < -0.3 is 10.4 Å². The molecule has 0 aliphatic carbocycles. The predicted octanol–water partition coefficient (Wildman–Crippen LogP) is 2.43. The molecule has 88 valence electrons. The van der Waals surface area contributed by atoms with Gasteiger partial charge in [-0.15, -0.1) is 11.3 Å². The summed E-state index contributed by atoms with van der Waals surface area (Å²) in [6, 6.07) is 0.0133. The van der Waals surface area contributed by atoms with Crippen LogP contribution in [0.2, 0.25) is 0 Å². The molecule has 0 radical (unpaired) electrons. The number of thiophene rings is 1. The molecule has 1 aromatic rings. The zero-order valence-corrected chi connectivity index (χ0v) is 11.7. The first-order valence-electron chi connectivity index (χ1n) is 4.00. The Bertz CT molecular complexity index is 423. The van der Waals surface area contributed by atoms with Gasteiger partial charge in [-0.25, -0.2) is 9.18 Å². The van der Waals surface area contributed by atoms with E-state index in [2.05, 4.69) is 37.2 Å². The zero-order chi connectivity index (χ0) is 12.3. The molecular formula is C8H6Br2FNO3S. The summed E-state index contributed by atoms with van der Waals surface area (Å²) in [5.41, 5.74) is 0.275. The number of aliphatic carboxylic acids is 1. The molecule has 4 nitrogen and oxygen atoms in total. The Morgan fingerprint density at radius 1 is 1.56 bits per heavy atom. The molecule has 0 saturated carbocycles. The molecule has 0 fully saturated rings. The quantitative estimate of drug-likeness (QED) is 0.850. The summed E-state index contributed by atoms with van der Waals surface area (Å²) < 4.78 is 13.6. The number of carbonyl (C=O) groups excluding carboxylic acids is 1. The van der Waals surface area contributed by atoms with Crippen LogP contribution in [0, 0.1) is 0 Å². The molecule has 1 aromatic heterocycles. The number of rotatable bonds is 4. The molecule has 1 atom stereocenters. The number of carboxylic acid groups (broad SMARTS) is 1. The van der Waals surface area contributed by atoms with Crippen LogP contribution in [0.15, 0.2) is 13.6 Å². The molecule has 0 aromatic carbocycles. The Morgan fingerprint density at radius 2 is 2.19 bits per heavy atom. The summed E-state index contributed by atoms with van der Waals surface area (Å²) in [5, 5.41) is 10.6. The van der Waals surface area contributed by atoms with Crippen LogP contribution in [0.25, 0.3) is 0 Å². The number of hydrogen-bond donors (Lipinski definition) is 2. The van der Waals surface area contributed by atoms with Crippen LogP contribution < -0.4 is 5.32 Å². The van der Waals surface area contributed by atoms with E-state index in [0.717, 1.165) is 3.79 Å². The van der Waals surface area contributed by atoms with Crippen molar-refractivity contribution in [2.75, 3.05) is 6.67 Å². The van der Waals surface area contributed by atoms with Gasteiger partial charge in [-0.1, -0.05) is 0 Å². The summed E-state index contributed by atoms with van der Waals surface area (Å²) in [6.07, 6.45) is 0. The van der Waals surface area contributed by atoms with Crippen LogP contribution in [0.5, 0.6) is 0 Å². The second-order valence-electron chi connectivity index (χ2n) is 2.76. The van der Waals surface area contributed by atoms with Crippen molar-refractivity contribution in [1.29, 1.82) is 0 Å². The average Bonchev–Trinajstić information content (AvgIpc) is 2.53. The van der Waals surface area contributed by atoms with Crippen molar-refractivity contribution in [3.63, 3.8) is 0 Å². The number of carbonyl (C=O) groups is 2. The van der Waals surface area contributed by atoms with Crippen molar-refractivity contribution in [2.45, 2.75) is 6.04 Å². The lowest BCUT2D eigenvalue weighted by molar-refractivity contribution is -0.139. The number of halogens is 3. The minimum atomic E-state index is -1.52. The highest BCUT2D eigenvalue weighted by atomic mass is 79.9. The second kappa shape index (κ2) is 5.74. The summed E-state index contributed by atoms with van der Waals surface area (Å²) in [5.74, 6) is -2.03. The van der Waals surface area contributed by atoms with Crippen LogP contribution in [-0.4, -0.2) is 29.7 Å². The van der Waals surface area contributed by atoms with Gasteiger partial charge in [0.05, 0.1) is 13.1 Å². The number of alkyl halides is 1. The third-order valence-corrected chi connectivity index (χ3v) is 4.00. The molecule has 2 N–H and O–H groups in total. The van der Waals surface area contributed by atoms with Gasteiger partial charge >= 0.3 is 5.97 Å². The summed E-state index contributed by atoms with van der Waals surface area (Å²) >= 11 is 7.61. The highest BCUT2D eigenvalue weighted by Crippen LogP contribution is 2.31. The van der Waals surface area contributed by atoms with Gasteiger partial charge in [0.25, 0.3) is 5.91 Å². The first-order chi connectivity index (χ1) is 7.45. The van der Waals surface area contributed by atoms with Crippen LogP contribution in [-0.2, 0) is 4.79 Å². The molecule has 8 heteroatoms. The van der Waals surface area contributed by atoms with Gasteiger partial charge in [0, 0.05) is 0 Å². The smallest absolute Gasteiger partial charge is 0.328 e. The molecule has 1 heterocycles. The van der Waals surface area contributed by atoms with Gasteiger partial charge in [-0.2, -0.15) is 0 Å². The lowest BCUT2D eigenvalue weighted by atomic mass is 10.2. The molecule has 0 aliphatic heterocycles. The first kappa shape index (κ1) is 13.6. The fourth-order valence-electron chi connectivity index (χ4n) is 0.897. The van der Waals surface area contributed by atoms with Gasteiger partial charge in [-0.3, -0.25) is 4.79 Å². The largest absolute Gasteiger partial charge is 0.480 e. The third-order valence-electron chi connectivity index (χ3n) is 1.66. The van der Waals surface area contributed by atoms with Gasteiger partial charge in [0.2, 0.25) is 0 Å². The topological polar surface area (TPSA) is 66.4 Å². The molecule has 1 unspecified atom stereocenters. The SMILES string of the molecule is O=C(NC(CF)C(=O)O)c1cc(Br)sc1Br. The zero-order valence-electron chi connectivity index (χ0n) is 7.67. The number of amides is 1. The minimum Gasteiger partial charge on any atom is -0.480 e. The average molecular weight is 375 g/mol. The van der Waals surface area contributed by atoms with Crippen LogP contribution in [0.4, 0.5) is 4.39 Å².